The molecule has 0 fully saturated rings. The van der Waals surface area contributed by atoms with Crippen LogP contribution in [-0.4, -0.2) is 33.0 Å². The summed E-state index contributed by atoms with van der Waals surface area (Å²) in [5, 5.41) is 12.2. The molecule has 2 rings (SSSR count). The number of nitrogens with zero attached hydrogens (tertiary/aromatic N) is 2. The van der Waals surface area contributed by atoms with Gasteiger partial charge >= 0.3 is 6.09 Å². The molecule has 0 saturated heterocycles. The van der Waals surface area contributed by atoms with E-state index in [0.29, 0.717) is 0 Å². The molecule has 2 aromatic rings. The van der Waals surface area contributed by atoms with Crippen molar-refractivity contribution in [2.24, 2.45) is 5.73 Å². The molecule has 0 aliphatic rings. The standard InChI is InChI=1S/C14H16FN5O3/c1-14(2,3)23-13(22)17-9-5-4-7(15)6-8(9)10-11(12(16)21)19-20-18-10/h4-6H,1-3H3,(H2,16,21)(H,17,22)(H,18,19,20). The van der Waals surface area contributed by atoms with Gasteiger partial charge in [-0.05, 0) is 39.0 Å². The molecule has 4 N–H and O–H groups in total. The van der Waals surface area contributed by atoms with E-state index in [1.807, 2.05) is 0 Å². The number of hydrogen-bond acceptors (Lipinski definition) is 5. The Morgan fingerprint density at radius 2 is 2.00 bits per heavy atom. The molecule has 2 amide bonds. The number of carbonyl (C=O) groups excluding carboxylic acids is 2. The lowest BCUT2D eigenvalue weighted by Crippen LogP contribution is -2.27. The summed E-state index contributed by atoms with van der Waals surface area (Å²) in [6.45, 7) is 5.13. The van der Waals surface area contributed by atoms with Gasteiger partial charge < -0.3 is 10.5 Å². The molecule has 8 nitrogen and oxygen atoms in total. The fourth-order valence-corrected chi connectivity index (χ4v) is 1.83. The van der Waals surface area contributed by atoms with Crippen LogP contribution in [-0.2, 0) is 4.74 Å². The van der Waals surface area contributed by atoms with E-state index in [4.69, 9.17) is 10.5 Å². The summed E-state index contributed by atoms with van der Waals surface area (Å²) in [5.74, 6) is -1.41. The van der Waals surface area contributed by atoms with E-state index in [-0.39, 0.29) is 22.6 Å². The van der Waals surface area contributed by atoms with Crippen molar-refractivity contribution in [2.45, 2.75) is 26.4 Å². The second-order valence-corrected chi connectivity index (χ2v) is 5.70. The van der Waals surface area contributed by atoms with Crippen LogP contribution in [0.25, 0.3) is 11.3 Å². The Balaban J connectivity index is 2.40. The lowest BCUT2D eigenvalue weighted by molar-refractivity contribution is 0.0636. The maximum absolute atomic E-state index is 13.6. The Labute approximate surface area is 131 Å². The molecular formula is C14H16FN5O3. The molecule has 1 aromatic heterocycles. The van der Waals surface area contributed by atoms with Gasteiger partial charge in [0, 0.05) is 5.56 Å². The largest absolute Gasteiger partial charge is 0.444 e. The zero-order valence-electron chi connectivity index (χ0n) is 12.8. The predicted octanol–water partition coefficient (Wildman–Crippen LogP) is 2.06. The third-order valence-electron chi connectivity index (χ3n) is 2.65. The number of anilines is 1. The molecule has 122 valence electrons. The molecule has 9 heteroatoms. The fraction of sp³-hybridized carbons (Fsp3) is 0.286. The third-order valence-corrected chi connectivity index (χ3v) is 2.65. The molecule has 0 saturated carbocycles. The van der Waals surface area contributed by atoms with Crippen LogP contribution in [0.5, 0.6) is 0 Å². The minimum atomic E-state index is -0.832. The van der Waals surface area contributed by atoms with Crippen molar-refractivity contribution in [1.82, 2.24) is 15.4 Å². The Bertz CT molecular complexity index is 751. The van der Waals surface area contributed by atoms with E-state index in [2.05, 4.69) is 20.7 Å². The SMILES string of the molecule is CC(C)(C)OC(=O)Nc1ccc(F)cc1-c1n[nH]nc1C(N)=O. The number of rotatable bonds is 3. The van der Waals surface area contributed by atoms with Crippen LogP contribution in [0.4, 0.5) is 14.9 Å². The van der Waals surface area contributed by atoms with Gasteiger partial charge in [-0.2, -0.15) is 15.4 Å². The minimum absolute atomic E-state index is 0.0306. The Hall–Kier alpha value is -2.97. The summed E-state index contributed by atoms with van der Waals surface area (Å²) in [7, 11) is 0. The average Bonchev–Trinajstić information content (AvgIpc) is 2.87. The van der Waals surface area contributed by atoms with Crippen molar-refractivity contribution in [3.8, 4) is 11.3 Å². The molecule has 0 spiro atoms. The first-order valence-electron chi connectivity index (χ1n) is 6.68. The number of hydrogen-bond donors (Lipinski definition) is 3. The quantitative estimate of drug-likeness (QED) is 0.798. The summed E-state index contributed by atoms with van der Waals surface area (Å²) < 4.78 is 18.7. The molecule has 0 aliphatic heterocycles. The monoisotopic (exact) mass is 321 g/mol. The van der Waals surface area contributed by atoms with Crippen molar-refractivity contribution < 1.29 is 18.7 Å². The molecule has 1 heterocycles. The van der Waals surface area contributed by atoms with Crippen LogP contribution in [0, 0.1) is 5.82 Å². The van der Waals surface area contributed by atoms with Crippen molar-refractivity contribution in [3.05, 3.63) is 29.7 Å². The van der Waals surface area contributed by atoms with Gasteiger partial charge in [0.25, 0.3) is 5.91 Å². The van der Waals surface area contributed by atoms with Gasteiger partial charge in [-0.25, -0.2) is 9.18 Å². The Morgan fingerprint density at radius 1 is 1.30 bits per heavy atom. The highest BCUT2D eigenvalue weighted by atomic mass is 19.1. The number of amides is 2. The van der Waals surface area contributed by atoms with Crippen LogP contribution in [0.1, 0.15) is 31.3 Å². The molecule has 23 heavy (non-hydrogen) atoms. The van der Waals surface area contributed by atoms with Crippen LogP contribution in [0.3, 0.4) is 0 Å². The second-order valence-electron chi connectivity index (χ2n) is 5.70. The average molecular weight is 321 g/mol. The number of nitrogens with one attached hydrogen (secondary N) is 2. The zero-order chi connectivity index (χ0) is 17.2. The Kier molecular flexibility index (Phi) is 4.30. The highest BCUT2D eigenvalue weighted by Crippen LogP contribution is 2.29. The topological polar surface area (TPSA) is 123 Å². The first kappa shape index (κ1) is 16.4. The van der Waals surface area contributed by atoms with Crippen LogP contribution in [0.2, 0.25) is 0 Å². The van der Waals surface area contributed by atoms with E-state index >= 15 is 0 Å². The van der Waals surface area contributed by atoms with E-state index in [1.165, 1.54) is 6.07 Å². The van der Waals surface area contributed by atoms with Crippen LogP contribution >= 0.6 is 0 Å². The molecule has 0 unspecified atom stereocenters. The van der Waals surface area contributed by atoms with Crippen molar-refractivity contribution in [1.29, 1.82) is 0 Å². The van der Waals surface area contributed by atoms with Gasteiger partial charge in [-0.3, -0.25) is 10.1 Å². The molecule has 0 bridgehead atoms. The number of H-pyrrole nitrogens is 1. The number of aromatic amines is 1. The second kappa shape index (κ2) is 6.03. The number of benzene rings is 1. The smallest absolute Gasteiger partial charge is 0.412 e. The minimum Gasteiger partial charge on any atom is -0.444 e. The number of nitrogens with two attached hydrogens (primary N) is 1. The number of carbonyl (C=O) groups is 2. The summed E-state index contributed by atoms with van der Waals surface area (Å²) in [6.07, 6.45) is -0.727. The van der Waals surface area contributed by atoms with Crippen LogP contribution < -0.4 is 11.1 Å². The maximum atomic E-state index is 13.6. The Morgan fingerprint density at radius 3 is 2.61 bits per heavy atom. The van der Waals surface area contributed by atoms with Gasteiger partial charge in [0.1, 0.15) is 17.1 Å². The lowest BCUT2D eigenvalue weighted by Gasteiger charge is -2.20. The summed E-state index contributed by atoms with van der Waals surface area (Å²) in [4.78, 5) is 23.2. The zero-order valence-corrected chi connectivity index (χ0v) is 12.8. The number of primary amides is 1. The molecule has 0 atom stereocenters. The summed E-state index contributed by atoms with van der Waals surface area (Å²) in [6, 6.07) is 3.59. The van der Waals surface area contributed by atoms with Crippen LogP contribution in [0.15, 0.2) is 18.2 Å². The molecule has 0 radical (unpaired) electrons. The highest BCUT2D eigenvalue weighted by molar-refractivity contribution is 6.00. The van der Waals surface area contributed by atoms with Crippen molar-refractivity contribution in [3.63, 3.8) is 0 Å². The van der Waals surface area contributed by atoms with Gasteiger partial charge in [-0.15, -0.1) is 0 Å². The van der Waals surface area contributed by atoms with E-state index < -0.39 is 23.4 Å². The predicted molar refractivity (Wildman–Crippen MR) is 80.2 cm³/mol. The summed E-state index contributed by atoms with van der Waals surface area (Å²) in [5.41, 5.74) is 4.73. The first-order valence-corrected chi connectivity index (χ1v) is 6.68. The normalized spacial score (nSPS) is 11.1. The molecular weight excluding hydrogens is 305 g/mol. The number of aromatic nitrogens is 3. The third kappa shape index (κ3) is 4.02. The fourth-order valence-electron chi connectivity index (χ4n) is 1.83. The van der Waals surface area contributed by atoms with Gasteiger partial charge in [0.05, 0.1) is 5.69 Å². The van der Waals surface area contributed by atoms with Crippen molar-refractivity contribution >= 4 is 17.7 Å². The van der Waals surface area contributed by atoms with Gasteiger partial charge in [0.15, 0.2) is 5.69 Å². The van der Waals surface area contributed by atoms with Gasteiger partial charge in [0.2, 0.25) is 0 Å². The first-order chi connectivity index (χ1) is 10.7. The number of halogens is 1. The van der Waals surface area contributed by atoms with Crippen molar-refractivity contribution in [2.75, 3.05) is 5.32 Å². The molecule has 0 aliphatic carbocycles. The highest BCUT2D eigenvalue weighted by Gasteiger charge is 2.21. The molecule has 1 aromatic carbocycles. The number of ether oxygens (including phenoxy) is 1. The van der Waals surface area contributed by atoms with E-state index in [9.17, 15) is 14.0 Å². The summed E-state index contributed by atoms with van der Waals surface area (Å²) >= 11 is 0. The van der Waals surface area contributed by atoms with E-state index in [1.54, 1.807) is 20.8 Å². The lowest BCUT2D eigenvalue weighted by atomic mass is 10.1. The maximum Gasteiger partial charge on any atom is 0.412 e. The van der Waals surface area contributed by atoms with E-state index in [0.717, 1.165) is 12.1 Å². The van der Waals surface area contributed by atoms with Gasteiger partial charge in [-0.1, -0.05) is 0 Å².